The lowest BCUT2D eigenvalue weighted by molar-refractivity contribution is -0.0977. The van der Waals surface area contributed by atoms with Crippen LogP contribution < -0.4 is 11.1 Å². The van der Waals surface area contributed by atoms with Crippen LogP contribution in [0.4, 0.5) is 4.79 Å². The van der Waals surface area contributed by atoms with Crippen LogP contribution in [0.15, 0.2) is 30.7 Å². The third-order valence-corrected chi connectivity index (χ3v) is 8.16. The minimum Gasteiger partial charge on any atom is -0.449 e. The largest absolute Gasteiger partial charge is 0.449 e. The van der Waals surface area contributed by atoms with Crippen molar-refractivity contribution in [3.8, 4) is 11.9 Å². The number of nitrogens with zero attached hydrogens (tertiary/aromatic N) is 5. The number of allylic oxidation sites excluding steroid dienone is 1. The second kappa shape index (κ2) is 9.12. The molecule has 0 saturated heterocycles. The third kappa shape index (κ3) is 4.62. The van der Waals surface area contributed by atoms with E-state index < -0.39 is 6.09 Å². The molecular weight excluding hydrogens is 458 g/mol. The number of carbonyl (C=O) groups is 2. The second-order valence-electron chi connectivity index (χ2n) is 11.5. The summed E-state index contributed by atoms with van der Waals surface area (Å²) in [5.74, 6) is 1.70. The van der Waals surface area contributed by atoms with Crippen molar-refractivity contribution in [3.05, 3.63) is 36.3 Å². The molecule has 10 nitrogen and oxygen atoms in total. The molecule has 0 aromatic carbocycles. The number of ether oxygens (including phenoxy) is 1. The minimum atomic E-state index is -0.719. The van der Waals surface area contributed by atoms with E-state index in [1.54, 1.807) is 40.2 Å². The average molecular weight is 492 g/mol. The van der Waals surface area contributed by atoms with Crippen LogP contribution in [0.25, 0.3) is 12.0 Å². The van der Waals surface area contributed by atoms with Crippen LogP contribution in [0.2, 0.25) is 0 Å². The topological polar surface area (TPSA) is 141 Å². The smallest absolute Gasteiger partial charge is 0.404 e. The quantitative estimate of drug-likeness (QED) is 0.579. The molecule has 3 N–H and O–H groups in total. The Kier molecular flexibility index (Phi) is 6.10. The zero-order valence-corrected chi connectivity index (χ0v) is 20.8. The molecule has 0 aliphatic heterocycles. The van der Waals surface area contributed by atoms with E-state index in [0.717, 1.165) is 32.1 Å². The van der Waals surface area contributed by atoms with Gasteiger partial charge in [0.05, 0.1) is 18.9 Å². The first-order valence-corrected chi connectivity index (χ1v) is 12.6. The van der Waals surface area contributed by atoms with Crippen LogP contribution in [0, 0.1) is 39.9 Å². The van der Waals surface area contributed by atoms with Gasteiger partial charge in [0.2, 0.25) is 0 Å². The molecule has 2 heterocycles. The van der Waals surface area contributed by atoms with Crippen molar-refractivity contribution in [2.24, 2.45) is 34.3 Å². The number of primary amides is 1. The summed E-state index contributed by atoms with van der Waals surface area (Å²) in [6, 6.07) is 4.08. The second-order valence-corrected chi connectivity index (χ2v) is 11.5. The predicted octanol–water partition coefficient (Wildman–Crippen LogP) is 3.50. The Morgan fingerprint density at radius 3 is 2.69 bits per heavy atom. The van der Waals surface area contributed by atoms with Crippen LogP contribution in [0.3, 0.4) is 0 Å². The Morgan fingerprint density at radius 1 is 1.31 bits per heavy atom. The normalized spacial score (nSPS) is 28.8. The lowest BCUT2D eigenvalue weighted by atomic mass is 9.48. The maximum atomic E-state index is 13.6. The summed E-state index contributed by atoms with van der Waals surface area (Å²) in [4.78, 5) is 24.8. The molecule has 2 amide bonds. The van der Waals surface area contributed by atoms with Gasteiger partial charge < -0.3 is 15.8 Å². The van der Waals surface area contributed by atoms with Gasteiger partial charge in [-0.1, -0.05) is 19.9 Å². The van der Waals surface area contributed by atoms with Crippen LogP contribution in [0.1, 0.15) is 62.7 Å². The van der Waals surface area contributed by atoms with Gasteiger partial charge in [0, 0.05) is 36.5 Å². The zero-order valence-electron chi connectivity index (χ0n) is 20.8. The monoisotopic (exact) mass is 491 g/mol. The number of nitriles is 1. The Labute approximate surface area is 210 Å². The van der Waals surface area contributed by atoms with E-state index in [-0.39, 0.29) is 22.8 Å². The summed E-state index contributed by atoms with van der Waals surface area (Å²) in [5.41, 5.74) is 5.34. The fraction of sp³-hybridized carbons (Fsp3) is 0.577. The molecule has 6 rings (SSSR count). The molecule has 36 heavy (non-hydrogen) atoms. The molecule has 4 bridgehead atoms. The number of amides is 2. The molecule has 0 spiro atoms. The van der Waals surface area contributed by atoms with Crippen molar-refractivity contribution in [1.82, 2.24) is 24.9 Å². The SMILES string of the molecule is CC(C)(/C=C/n1ncc(C(=O)N[C@H]2C3CC4CC2C[C@](COC(N)=O)(C4)C3)c1-n1cccn1)CC#N. The first-order chi connectivity index (χ1) is 17.2. The zero-order chi connectivity index (χ0) is 25.5. The lowest BCUT2D eigenvalue weighted by Crippen LogP contribution is -2.60. The van der Waals surface area contributed by atoms with E-state index in [9.17, 15) is 9.59 Å². The van der Waals surface area contributed by atoms with Gasteiger partial charge in [-0.25, -0.2) is 14.2 Å². The molecule has 4 saturated carbocycles. The van der Waals surface area contributed by atoms with Crippen LogP contribution in [0.5, 0.6) is 0 Å². The van der Waals surface area contributed by atoms with E-state index in [1.165, 1.54) is 0 Å². The van der Waals surface area contributed by atoms with Gasteiger partial charge in [-0.15, -0.1) is 0 Å². The molecular formula is C26H33N7O3. The highest BCUT2D eigenvalue weighted by Gasteiger charge is 2.56. The van der Waals surface area contributed by atoms with E-state index in [1.807, 2.05) is 19.9 Å². The van der Waals surface area contributed by atoms with Crippen LogP contribution in [-0.2, 0) is 4.74 Å². The Morgan fingerprint density at radius 2 is 2.06 bits per heavy atom. The molecule has 2 aromatic heterocycles. The standard InChI is InChI=1S/C26H33N7O3/c1-25(2,4-6-27)5-9-33-23(32-8-3-7-29-32)20(15-30-33)22(34)31-21-18-10-17-11-19(21)14-26(12-17,13-18)16-36-24(28)35/h3,5,7-9,15,17-19,21H,4,10-14,16H2,1-2H3,(H2,28,35)(H,31,34)/b9-5+/t17?,18?,19?,21-,26-. The first-order valence-electron chi connectivity index (χ1n) is 12.6. The number of carbonyl (C=O) groups excluding carboxylic acids is 2. The van der Waals surface area contributed by atoms with Crippen molar-refractivity contribution in [2.45, 2.75) is 58.4 Å². The predicted molar refractivity (Wildman–Crippen MR) is 131 cm³/mol. The maximum absolute atomic E-state index is 13.6. The van der Waals surface area contributed by atoms with Gasteiger partial charge in [-0.2, -0.15) is 15.5 Å². The summed E-state index contributed by atoms with van der Waals surface area (Å²) in [6.45, 7) is 4.33. The van der Waals surface area contributed by atoms with Gasteiger partial charge in [-0.05, 0) is 61.3 Å². The van der Waals surface area contributed by atoms with Crippen molar-refractivity contribution in [2.75, 3.05) is 6.61 Å². The minimum absolute atomic E-state index is 0.0150. The highest BCUT2D eigenvalue weighted by atomic mass is 16.5. The van der Waals surface area contributed by atoms with Crippen molar-refractivity contribution >= 4 is 18.2 Å². The Bertz CT molecular complexity index is 1190. The molecule has 10 heteroatoms. The third-order valence-electron chi connectivity index (χ3n) is 8.16. The van der Waals surface area contributed by atoms with Crippen LogP contribution >= 0.6 is 0 Å². The van der Waals surface area contributed by atoms with Crippen molar-refractivity contribution < 1.29 is 14.3 Å². The summed E-state index contributed by atoms with van der Waals surface area (Å²) < 4.78 is 8.51. The number of hydrogen-bond donors (Lipinski definition) is 2. The number of nitrogens with two attached hydrogens (primary N) is 1. The number of rotatable bonds is 8. The Balaban J connectivity index is 1.37. The van der Waals surface area contributed by atoms with E-state index in [2.05, 4.69) is 21.6 Å². The molecule has 2 atom stereocenters. The molecule has 4 aliphatic rings. The fourth-order valence-corrected chi connectivity index (χ4v) is 6.84. The van der Waals surface area contributed by atoms with E-state index >= 15 is 0 Å². The summed E-state index contributed by atoms with van der Waals surface area (Å²) in [5, 5.41) is 21.2. The number of aromatic nitrogens is 4. The first kappa shape index (κ1) is 24.1. The summed E-state index contributed by atoms with van der Waals surface area (Å²) >= 11 is 0. The molecule has 0 radical (unpaired) electrons. The number of hydrogen-bond acceptors (Lipinski definition) is 6. The molecule has 4 fully saturated rings. The van der Waals surface area contributed by atoms with Crippen molar-refractivity contribution in [3.63, 3.8) is 0 Å². The van der Waals surface area contributed by atoms with E-state index in [0.29, 0.717) is 42.2 Å². The van der Waals surface area contributed by atoms with Gasteiger partial charge in [0.25, 0.3) is 5.91 Å². The van der Waals surface area contributed by atoms with Gasteiger partial charge >= 0.3 is 6.09 Å². The highest BCUT2D eigenvalue weighted by Crippen LogP contribution is 2.60. The van der Waals surface area contributed by atoms with Gasteiger partial charge in [0.1, 0.15) is 5.56 Å². The van der Waals surface area contributed by atoms with Gasteiger partial charge in [0.15, 0.2) is 5.82 Å². The highest BCUT2D eigenvalue weighted by molar-refractivity contribution is 5.97. The molecule has 4 aliphatic carbocycles. The lowest BCUT2D eigenvalue weighted by Gasteiger charge is -2.59. The van der Waals surface area contributed by atoms with E-state index in [4.69, 9.17) is 15.7 Å². The molecule has 2 unspecified atom stereocenters. The molecule has 2 aromatic rings. The maximum Gasteiger partial charge on any atom is 0.404 e. The Hall–Kier alpha value is -3.61. The fourth-order valence-electron chi connectivity index (χ4n) is 6.84. The van der Waals surface area contributed by atoms with Crippen LogP contribution in [-0.4, -0.2) is 44.2 Å². The average Bonchev–Trinajstić information content (AvgIpc) is 3.48. The van der Waals surface area contributed by atoms with Gasteiger partial charge in [-0.3, -0.25) is 4.79 Å². The molecule has 190 valence electrons. The summed E-state index contributed by atoms with van der Waals surface area (Å²) in [6.07, 6.45) is 13.5. The van der Waals surface area contributed by atoms with Crippen molar-refractivity contribution in [1.29, 1.82) is 5.26 Å². The summed E-state index contributed by atoms with van der Waals surface area (Å²) in [7, 11) is 0. The number of nitrogens with one attached hydrogen (secondary N) is 1.